The number of anilines is 1. The second-order valence-corrected chi connectivity index (χ2v) is 3.56. The summed E-state index contributed by atoms with van der Waals surface area (Å²) in [5.74, 6) is -0.264. The minimum Gasteiger partial charge on any atom is -0.411 e. The van der Waals surface area contributed by atoms with E-state index in [1.54, 1.807) is 24.3 Å². The van der Waals surface area contributed by atoms with E-state index in [9.17, 15) is 9.59 Å². The molecular formula is C11H11N3O3. The smallest absolute Gasteiger partial charge is 0.329 e. The van der Waals surface area contributed by atoms with Gasteiger partial charge in [-0.25, -0.2) is 9.69 Å². The number of imide groups is 1. The first-order chi connectivity index (χ1) is 8.22. The van der Waals surface area contributed by atoms with Gasteiger partial charge in [-0.05, 0) is 17.7 Å². The fourth-order valence-corrected chi connectivity index (χ4v) is 1.61. The van der Waals surface area contributed by atoms with Gasteiger partial charge in [-0.2, -0.15) is 0 Å². The molecule has 0 saturated carbocycles. The lowest BCUT2D eigenvalue weighted by Crippen LogP contribution is -2.30. The van der Waals surface area contributed by atoms with Gasteiger partial charge in [-0.15, -0.1) is 5.16 Å². The molecule has 1 aliphatic heterocycles. The molecule has 3 amide bonds. The summed E-state index contributed by atoms with van der Waals surface area (Å²) in [4.78, 5) is 23.9. The molecule has 1 fully saturated rings. The minimum absolute atomic E-state index is 0.0394. The Labute approximate surface area is 97.5 Å². The van der Waals surface area contributed by atoms with Crippen LogP contribution in [-0.2, 0) is 11.2 Å². The number of carbonyl (C=O) groups is 2. The maximum atomic E-state index is 11.4. The summed E-state index contributed by atoms with van der Waals surface area (Å²) in [6.07, 6.45) is 1.86. The van der Waals surface area contributed by atoms with E-state index in [0.717, 1.165) is 10.5 Å². The summed E-state index contributed by atoms with van der Waals surface area (Å²) in [6, 6.07) is 6.51. The number of rotatable bonds is 3. The topological polar surface area (TPSA) is 82.0 Å². The molecular weight excluding hydrogens is 222 g/mol. The van der Waals surface area contributed by atoms with Crippen LogP contribution in [-0.4, -0.2) is 29.9 Å². The van der Waals surface area contributed by atoms with Crippen molar-refractivity contribution in [3.8, 4) is 0 Å². The minimum atomic E-state index is -0.403. The number of urea groups is 1. The Morgan fingerprint density at radius 1 is 1.35 bits per heavy atom. The van der Waals surface area contributed by atoms with E-state index in [1.807, 2.05) is 0 Å². The fraction of sp³-hybridized carbons (Fsp3) is 0.182. The van der Waals surface area contributed by atoms with Crippen molar-refractivity contribution >= 4 is 23.8 Å². The Morgan fingerprint density at radius 3 is 2.59 bits per heavy atom. The normalized spacial score (nSPS) is 15.6. The number of oxime groups is 1. The Kier molecular flexibility index (Phi) is 3.04. The Morgan fingerprint density at radius 2 is 2.06 bits per heavy atom. The van der Waals surface area contributed by atoms with Crippen LogP contribution < -0.4 is 10.2 Å². The van der Waals surface area contributed by atoms with Crippen molar-refractivity contribution in [3.05, 3.63) is 29.8 Å². The van der Waals surface area contributed by atoms with E-state index >= 15 is 0 Å². The second kappa shape index (κ2) is 4.65. The molecule has 88 valence electrons. The number of amides is 3. The molecule has 0 atom stereocenters. The first-order valence-corrected chi connectivity index (χ1v) is 5.08. The van der Waals surface area contributed by atoms with E-state index in [2.05, 4.69) is 10.5 Å². The van der Waals surface area contributed by atoms with Crippen LogP contribution in [0.1, 0.15) is 5.56 Å². The summed E-state index contributed by atoms with van der Waals surface area (Å²) in [6.45, 7) is 0.0394. The van der Waals surface area contributed by atoms with Gasteiger partial charge in [0, 0.05) is 12.6 Å². The van der Waals surface area contributed by atoms with Crippen molar-refractivity contribution in [1.29, 1.82) is 0 Å². The third-order valence-electron chi connectivity index (χ3n) is 2.45. The lowest BCUT2D eigenvalue weighted by Gasteiger charge is -2.12. The molecule has 0 radical (unpaired) electrons. The molecule has 0 spiro atoms. The van der Waals surface area contributed by atoms with Crippen molar-refractivity contribution < 1.29 is 14.8 Å². The van der Waals surface area contributed by atoms with Crippen LogP contribution in [0, 0.1) is 0 Å². The molecule has 0 aromatic heterocycles. The van der Waals surface area contributed by atoms with Crippen LogP contribution in [0.25, 0.3) is 0 Å². The number of hydrogen-bond acceptors (Lipinski definition) is 4. The summed E-state index contributed by atoms with van der Waals surface area (Å²) in [5.41, 5.74) is 1.47. The van der Waals surface area contributed by atoms with Crippen LogP contribution >= 0.6 is 0 Å². The van der Waals surface area contributed by atoms with Crippen molar-refractivity contribution in [2.75, 3.05) is 11.4 Å². The Bertz CT molecular complexity index is 451. The average molecular weight is 233 g/mol. The fourth-order valence-electron chi connectivity index (χ4n) is 1.61. The van der Waals surface area contributed by atoms with Gasteiger partial charge in [-0.3, -0.25) is 4.79 Å². The van der Waals surface area contributed by atoms with Crippen LogP contribution in [0.4, 0.5) is 10.5 Å². The highest BCUT2D eigenvalue weighted by molar-refractivity contribution is 6.19. The quantitative estimate of drug-likeness (QED) is 0.350. The Balaban J connectivity index is 2.17. The number of benzene rings is 1. The third kappa shape index (κ3) is 2.25. The van der Waals surface area contributed by atoms with Crippen molar-refractivity contribution in [3.63, 3.8) is 0 Å². The molecule has 1 saturated heterocycles. The largest absolute Gasteiger partial charge is 0.411 e. The van der Waals surface area contributed by atoms with E-state index in [-0.39, 0.29) is 12.5 Å². The Hall–Kier alpha value is -2.37. The van der Waals surface area contributed by atoms with Gasteiger partial charge in [-0.1, -0.05) is 12.1 Å². The van der Waals surface area contributed by atoms with Crippen molar-refractivity contribution in [1.82, 2.24) is 5.32 Å². The molecule has 1 heterocycles. The lowest BCUT2D eigenvalue weighted by atomic mass is 10.1. The van der Waals surface area contributed by atoms with Gasteiger partial charge in [0.15, 0.2) is 0 Å². The van der Waals surface area contributed by atoms with E-state index in [0.29, 0.717) is 12.1 Å². The van der Waals surface area contributed by atoms with E-state index in [1.165, 1.54) is 6.21 Å². The molecule has 0 aliphatic carbocycles. The zero-order valence-electron chi connectivity index (χ0n) is 8.96. The van der Waals surface area contributed by atoms with E-state index in [4.69, 9.17) is 5.21 Å². The highest BCUT2D eigenvalue weighted by Crippen LogP contribution is 2.17. The molecule has 1 aromatic rings. The van der Waals surface area contributed by atoms with Gasteiger partial charge in [0.2, 0.25) is 0 Å². The summed E-state index contributed by atoms with van der Waals surface area (Å²) in [5, 5.41) is 13.6. The predicted octanol–water partition coefficient (Wildman–Crippen LogP) is 0.745. The standard InChI is InChI=1S/C11H11N3O3/c15-10-7-12-11(16)14(10)9-3-1-8(2-4-9)5-6-13-17/h1-4,6,17H,5,7H2,(H,12,16). The number of carbonyl (C=O) groups excluding carboxylic acids is 2. The van der Waals surface area contributed by atoms with Gasteiger partial charge in [0.05, 0.1) is 12.2 Å². The van der Waals surface area contributed by atoms with Gasteiger partial charge in [0.25, 0.3) is 5.91 Å². The van der Waals surface area contributed by atoms with Crippen LogP contribution in [0.15, 0.2) is 29.4 Å². The van der Waals surface area contributed by atoms with Crippen molar-refractivity contribution in [2.24, 2.45) is 5.16 Å². The zero-order chi connectivity index (χ0) is 12.3. The number of hydrogen-bond donors (Lipinski definition) is 2. The molecule has 0 bridgehead atoms. The molecule has 0 unspecified atom stereocenters. The first-order valence-electron chi connectivity index (χ1n) is 5.08. The number of nitrogens with one attached hydrogen (secondary N) is 1. The summed E-state index contributed by atoms with van der Waals surface area (Å²) >= 11 is 0. The van der Waals surface area contributed by atoms with Gasteiger partial charge >= 0.3 is 6.03 Å². The van der Waals surface area contributed by atoms with Crippen molar-refractivity contribution in [2.45, 2.75) is 6.42 Å². The molecule has 1 aliphatic rings. The molecule has 2 rings (SSSR count). The SMILES string of the molecule is O=C1CNC(=O)N1c1ccc(CC=NO)cc1. The molecule has 2 N–H and O–H groups in total. The van der Waals surface area contributed by atoms with E-state index < -0.39 is 6.03 Å². The van der Waals surface area contributed by atoms with Crippen LogP contribution in [0.3, 0.4) is 0 Å². The van der Waals surface area contributed by atoms with Crippen LogP contribution in [0.5, 0.6) is 0 Å². The van der Waals surface area contributed by atoms with Gasteiger partial charge < -0.3 is 10.5 Å². The van der Waals surface area contributed by atoms with Gasteiger partial charge in [0.1, 0.15) is 0 Å². The summed E-state index contributed by atoms with van der Waals surface area (Å²) < 4.78 is 0. The monoisotopic (exact) mass is 233 g/mol. The maximum absolute atomic E-state index is 11.4. The highest BCUT2D eigenvalue weighted by Gasteiger charge is 2.29. The third-order valence-corrected chi connectivity index (χ3v) is 2.45. The highest BCUT2D eigenvalue weighted by atomic mass is 16.4. The molecule has 6 heteroatoms. The summed E-state index contributed by atoms with van der Waals surface area (Å²) in [7, 11) is 0. The maximum Gasteiger partial charge on any atom is 0.329 e. The molecule has 17 heavy (non-hydrogen) atoms. The second-order valence-electron chi connectivity index (χ2n) is 3.56. The predicted molar refractivity (Wildman–Crippen MR) is 61.3 cm³/mol. The molecule has 6 nitrogen and oxygen atoms in total. The average Bonchev–Trinajstić information content (AvgIpc) is 2.67. The first kappa shape index (κ1) is 11.1. The lowest BCUT2D eigenvalue weighted by molar-refractivity contribution is -0.115. The number of nitrogens with zero attached hydrogens (tertiary/aromatic N) is 2. The van der Waals surface area contributed by atoms with Crippen LogP contribution in [0.2, 0.25) is 0 Å². The molecule has 1 aromatic carbocycles. The zero-order valence-corrected chi connectivity index (χ0v) is 8.96.